The van der Waals surface area contributed by atoms with Gasteiger partial charge in [-0.1, -0.05) is 51.1 Å². The summed E-state index contributed by atoms with van der Waals surface area (Å²) in [4.78, 5) is 77.8. The molecule has 7 atom stereocenters. The lowest BCUT2D eigenvalue weighted by Gasteiger charge is -2.35. The van der Waals surface area contributed by atoms with E-state index >= 15 is 0 Å². The maximum atomic E-state index is 15.0. The summed E-state index contributed by atoms with van der Waals surface area (Å²) in [5.41, 5.74) is -1.12. The normalized spacial score (nSPS) is 29.6. The number of aromatic nitrogens is 1. The van der Waals surface area contributed by atoms with Crippen molar-refractivity contribution in [1.29, 1.82) is 0 Å². The van der Waals surface area contributed by atoms with E-state index in [9.17, 15) is 32.4 Å². The van der Waals surface area contributed by atoms with Gasteiger partial charge >= 0.3 is 6.09 Å². The molecular weight excluding hydrogens is 853 g/mol. The van der Waals surface area contributed by atoms with E-state index in [0.29, 0.717) is 68.5 Å². The second-order valence-corrected chi connectivity index (χ2v) is 22.3. The Labute approximate surface area is 381 Å². The number of rotatable bonds is 11. The molecule has 17 heteroatoms. The van der Waals surface area contributed by atoms with E-state index in [4.69, 9.17) is 19.2 Å². The van der Waals surface area contributed by atoms with E-state index in [1.54, 1.807) is 6.92 Å². The second-order valence-electron chi connectivity index (χ2n) is 20.1. The number of alkyl carbamates (subject to hydrolysis) is 1. The van der Waals surface area contributed by atoms with Crippen LogP contribution in [0.5, 0.6) is 11.6 Å². The van der Waals surface area contributed by atoms with Gasteiger partial charge in [0, 0.05) is 37.2 Å². The highest BCUT2D eigenvalue weighted by molar-refractivity contribution is 7.91. The molecule has 352 valence electrons. The fraction of sp³-hybridized carbons (Fsp3) is 0.625. The van der Waals surface area contributed by atoms with Crippen molar-refractivity contribution in [2.75, 3.05) is 26.2 Å². The van der Waals surface area contributed by atoms with Gasteiger partial charge in [-0.15, -0.1) is 6.58 Å². The number of para-hydroxylation sites is 1. The van der Waals surface area contributed by atoms with E-state index in [-0.39, 0.29) is 43.2 Å². The first-order valence-corrected chi connectivity index (χ1v) is 24.8. The fourth-order valence-corrected chi connectivity index (χ4v) is 11.2. The van der Waals surface area contributed by atoms with Gasteiger partial charge in [0.1, 0.15) is 35.6 Å². The molecule has 5 amide bonds. The molecule has 3 aliphatic carbocycles. The van der Waals surface area contributed by atoms with Gasteiger partial charge in [-0.3, -0.25) is 23.9 Å². The quantitative estimate of drug-likeness (QED) is 0.197. The number of sulfonamides is 1. The molecule has 2 bridgehead atoms. The number of hydrogen-bond donors (Lipinski definition) is 3. The predicted molar refractivity (Wildman–Crippen MR) is 242 cm³/mol. The molecule has 2 saturated heterocycles. The van der Waals surface area contributed by atoms with Gasteiger partial charge in [0.25, 0.3) is 5.91 Å². The Kier molecular flexibility index (Phi) is 13.0. The standard InChI is InChI=1S/C48H64N6O10S/c1-6-31-28-48(31,44(58)52-65(60,61)47(5)22-23-47)51-41(56)36-27-32-29-54(36)43(57)40(46(2,3)4)50-45(59)64-37-20-12-16-30(37)15-8-7-9-18-34-39(62-26-14-25-53-24-13-21-38(53)55)33-17-10-11-19-35(33)49-42(34)63-32/h6-7,9-11,17,19,30-32,36-37,40H,1,8,12-16,18,20-29H2,2-5H3,(H,50,59)(H,51,56)(H,52,58)/b9-7+/t30?,31-,32?,36?,37?,40?,48-/m1/s1. The minimum atomic E-state index is -4.03. The van der Waals surface area contributed by atoms with Gasteiger partial charge in [0.2, 0.25) is 33.6 Å². The third-order valence-corrected chi connectivity index (χ3v) is 16.5. The SMILES string of the molecule is C=C[C@@H]1C[C@]1(NC(=O)C1CC2CN1C(=O)C(C(C)(C)C)NC(=O)OC1CCCC1CC/C=C/Cc1c(nc3ccccc3c1OCCCN1CCCC1=O)O2)C(=O)NS(=O)(=O)C1(C)CC1. The average molecular weight is 917 g/mol. The molecule has 5 unspecified atom stereocenters. The summed E-state index contributed by atoms with van der Waals surface area (Å²) < 4.78 is 47.0. The van der Waals surface area contributed by atoms with E-state index in [2.05, 4.69) is 34.1 Å². The molecule has 65 heavy (non-hydrogen) atoms. The Balaban J connectivity index is 1.14. The van der Waals surface area contributed by atoms with Crippen molar-refractivity contribution < 1.29 is 46.6 Å². The zero-order valence-corrected chi connectivity index (χ0v) is 38.9. The van der Waals surface area contributed by atoms with Crippen molar-refractivity contribution in [2.24, 2.45) is 17.3 Å². The van der Waals surface area contributed by atoms with Gasteiger partial charge in [0.05, 0.1) is 29.0 Å². The molecule has 0 spiro atoms. The number of allylic oxidation sites excluding steroid dienone is 2. The molecule has 4 heterocycles. The molecule has 0 radical (unpaired) electrons. The molecule has 8 rings (SSSR count). The summed E-state index contributed by atoms with van der Waals surface area (Å²) in [6, 6.07) is 5.29. The summed E-state index contributed by atoms with van der Waals surface area (Å²) in [6.45, 7) is 12.5. The largest absolute Gasteiger partial charge is 0.492 e. The first kappa shape index (κ1) is 46.3. The lowest BCUT2D eigenvalue weighted by Crippen LogP contribution is -2.60. The third kappa shape index (κ3) is 9.71. The number of carbonyl (C=O) groups excluding carboxylic acids is 5. The number of likely N-dealkylation sites (tertiary alicyclic amines) is 1. The summed E-state index contributed by atoms with van der Waals surface area (Å²) in [6.07, 6.45) is 11.3. The highest BCUT2D eigenvalue weighted by atomic mass is 32.2. The maximum absolute atomic E-state index is 15.0. The zero-order valence-electron chi connectivity index (χ0n) is 38.1. The molecule has 1 aromatic carbocycles. The van der Waals surface area contributed by atoms with Crippen LogP contribution in [0.3, 0.4) is 0 Å². The highest BCUT2D eigenvalue weighted by Gasteiger charge is 2.63. The maximum Gasteiger partial charge on any atom is 0.408 e. The number of pyridine rings is 1. The van der Waals surface area contributed by atoms with E-state index < -0.39 is 73.6 Å². The molecule has 3 aliphatic heterocycles. The first-order chi connectivity index (χ1) is 30.9. The summed E-state index contributed by atoms with van der Waals surface area (Å²) in [5, 5.41) is 6.51. The van der Waals surface area contributed by atoms with Crippen LogP contribution >= 0.6 is 0 Å². The van der Waals surface area contributed by atoms with Gasteiger partial charge in [-0.25, -0.2) is 18.2 Å². The van der Waals surface area contributed by atoms with Gasteiger partial charge in [-0.05, 0) is 101 Å². The average Bonchev–Trinajstić information content (AvgIpc) is 3.97. The number of fused-ring (bicyclic) bond motifs is 5. The first-order valence-electron chi connectivity index (χ1n) is 23.4. The number of hydrogen-bond acceptors (Lipinski definition) is 11. The molecule has 6 aliphatic rings. The van der Waals surface area contributed by atoms with Crippen molar-refractivity contribution in [2.45, 2.75) is 146 Å². The molecule has 16 nitrogen and oxygen atoms in total. The van der Waals surface area contributed by atoms with Gasteiger partial charge in [-0.2, -0.15) is 0 Å². The summed E-state index contributed by atoms with van der Waals surface area (Å²) >= 11 is 0. The van der Waals surface area contributed by atoms with E-state index in [1.807, 2.05) is 49.9 Å². The van der Waals surface area contributed by atoms with E-state index in [1.165, 1.54) is 11.0 Å². The topological polar surface area (TPSA) is 203 Å². The Hall–Kier alpha value is -5.19. The third-order valence-electron chi connectivity index (χ3n) is 14.3. The van der Waals surface area contributed by atoms with E-state index in [0.717, 1.165) is 44.0 Å². The van der Waals surface area contributed by atoms with Crippen LogP contribution in [-0.4, -0.2) is 114 Å². The molecule has 3 N–H and O–H groups in total. The van der Waals surface area contributed by atoms with Crippen molar-refractivity contribution in [3.63, 3.8) is 0 Å². The lowest BCUT2D eigenvalue weighted by molar-refractivity contribution is -0.143. The van der Waals surface area contributed by atoms with Crippen LogP contribution in [0.1, 0.15) is 110 Å². The van der Waals surface area contributed by atoms with Crippen molar-refractivity contribution in [1.82, 2.24) is 30.1 Å². The van der Waals surface area contributed by atoms with Crippen LogP contribution in [0.4, 0.5) is 4.79 Å². The van der Waals surface area contributed by atoms with Gasteiger partial charge in [0.15, 0.2) is 0 Å². The predicted octanol–water partition coefficient (Wildman–Crippen LogP) is 5.24. The number of nitrogens with one attached hydrogen (secondary N) is 3. The monoisotopic (exact) mass is 916 g/mol. The highest BCUT2D eigenvalue weighted by Crippen LogP contribution is 2.47. The Morgan fingerprint density at radius 3 is 2.57 bits per heavy atom. The van der Waals surface area contributed by atoms with Crippen LogP contribution in [0.2, 0.25) is 0 Å². The van der Waals surface area contributed by atoms with Crippen molar-refractivity contribution >= 4 is 50.6 Å². The number of ether oxygens (including phenoxy) is 3. The fourth-order valence-electron chi connectivity index (χ4n) is 9.88. The lowest BCUT2D eigenvalue weighted by atomic mass is 9.85. The van der Waals surface area contributed by atoms with Crippen molar-refractivity contribution in [3.8, 4) is 11.6 Å². The summed E-state index contributed by atoms with van der Waals surface area (Å²) in [7, 11) is -4.03. The molecule has 3 saturated carbocycles. The Bertz CT molecular complexity index is 2360. The Morgan fingerprint density at radius 1 is 1.08 bits per heavy atom. The number of nitrogens with zero attached hydrogens (tertiary/aromatic N) is 3. The molecule has 5 fully saturated rings. The van der Waals surface area contributed by atoms with Crippen LogP contribution in [0.25, 0.3) is 10.9 Å². The molecule has 1 aromatic heterocycles. The van der Waals surface area contributed by atoms with Crippen molar-refractivity contribution in [3.05, 3.63) is 54.6 Å². The smallest absolute Gasteiger partial charge is 0.408 e. The Morgan fingerprint density at radius 2 is 1.86 bits per heavy atom. The number of carbonyl (C=O) groups is 5. The molecular formula is C48H64N6O10S. The minimum Gasteiger partial charge on any atom is -0.492 e. The number of amides is 5. The molecule has 2 aromatic rings. The minimum absolute atomic E-state index is 0.0146. The van der Waals surface area contributed by atoms with Crippen LogP contribution in [-0.2, 0) is 40.4 Å². The van der Waals surface area contributed by atoms with Gasteiger partial charge < -0.3 is 34.6 Å². The van der Waals surface area contributed by atoms with Crippen LogP contribution < -0.4 is 24.8 Å². The second kappa shape index (κ2) is 18.2. The van der Waals surface area contributed by atoms with Crippen LogP contribution in [0.15, 0.2) is 49.1 Å². The van der Waals surface area contributed by atoms with Crippen LogP contribution in [0, 0.1) is 17.3 Å². The summed E-state index contributed by atoms with van der Waals surface area (Å²) in [5.74, 6) is -1.46. The number of benzene rings is 1. The zero-order chi connectivity index (χ0) is 46.3.